The fourth-order valence-electron chi connectivity index (χ4n) is 3.57. The van der Waals surface area contributed by atoms with E-state index >= 15 is 0 Å². The van der Waals surface area contributed by atoms with E-state index in [0.29, 0.717) is 9.23 Å². The van der Waals surface area contributed by atoms with Gasteiger partial charge in [0, 0.05) is 23.7 Å². The Morgan fingerprint density at radius 1 is 1.11 bits per heavy atom. The van der Waals surface area contributed by atoms with Gasteiger partial charge in [0.25, 0.3) is 5.91 Å². The van der Waals surface area contributed by atoms with Crippen molar-refractivity contribution in [3.8, 4) is 0 Å². The predicted molar refractivity (Wildman–Crippen MR) is 127 cm³/mol. The Morgan fingerprint density at radius 3 is 2.61 bits per heavy atom. The minimum Gasteiger partial charge on any atom is -0.372 e. The van der Waals surface area contributed by atoms with Crippen LogP contribution in [0.5, 0.6) is 0 Å². The van der Waals surface area contributed by atoms with Gasteiger partial charge in [0.05, 0.1) is 10.6 Å². The molecule has 1 amide bonds. The van der Waals surface area contributed by atoms with Gasteiger partial charge in [-0.25, -0.2) is 0 Å². The highest BCUT2D eigenvalue weighted by molar-refractivity contribution is 8.27. The molecule has 2 aromatic rings. The lowest BCUT2D eigenvalue weighted by atomic mass is 10.1. The average Bonchev–Trinajstić information content (AvgIpc) is 3.32. The van der Waals surface area contributed by atoms with Crippen molar-refractivity contribution in [1.29, 1.82) is 0 Å². The number of aryl methyl sites for hydroxylation is 1. The predicted octanol–water partition coefficient (Wildman–Crippen LogP) is 5.72. The number of thioether (sulfide) groups is 2. The second-order valence-electron chi connectivity index (χ2n) is 6.95. The topological polar surface area (TPSA) is 23.6 Å². The molecule has 144 valence electrons. The van der Waals surface area contributed by atoms with E-state index < -0.39 is 0 Å². The van der Waals surface area contributed by atoms with Gasteiger partial charge in [-0.1, -0.05) is 36.1 Å². The highest BCUT2D eigenvalue weighted by atomic mass is 32.2. The zero-order chi connectivity index (χ0) is 19.7. The number of hydrogen-bond donors (Lipinski definition) is 0. The normalized spacial score (nSPS) is 18.6. The highest BCUT2D eigenvalue weighted by Gasteiger charge is 2.33. The van der Waals surface area contributed by atoms with Crippen molar-refractivity contribution in [2.75, 3.05) is 29.1 Å². The first-order valence-corrected chi connectivity index (χ1v) is 11.8. The molecule has 28 heavy (non-hydrogen) atoms. The molecule has 2 aromatic carbocycles. The number of anilines is 2. The molecule has 0 unspecified atom stereocenters. The number of carbonyl (C=O) groups is 1. The third-order valence-electron chi connectivity index (χ3n) is 5.12. The quantitative estimate of drug-likeness (QED) is 0.353. The summed E-state index contributed by atoms with van der Waals surface area (Å²) in [6.07, 6.45) is 6.53. The van der Waals surface area contributed by atoms with Gasteiger partial charge in [0.15, 0.2) is 4.32 Å². The molecule has 0 aliphatic carbocycles. The van der Waals surface area contributed by atoms with Crippen molar-refractivity contribution in [1.82, 2.24) is 0 Å². The van der Waals surface area contributed by atoms with Gasteiger partial charge in [-0.3, -0.25) is 9.69 Å². The van der Waals surface area contributed by atoms with Crippen molar-refractivity contribution in [3.63, 3.8) is 0 Å². The number of nitrogens with zero attached hydrogens (tertiary/aromatic N) is 2. The van der Waals surface area contributed by atoms with Crippen LogP contribution in [0.1, 0.15) is 24.0 Å². The minimum absolute atomic E-state index is 0.0451. The van der Waals surface area contributed by atoms with E-state index in [9.17, 15) is 4.79 Å². The lowest BCUT2D eigenvalue weighted by Gasteiger charge is -2.18. The maximum atomic E-state index is 13.0. The Kier molecular flexibility index (Phi) is 5.80. The first-order chi connectivity index (χ1) is 13.6. The van der Waals surface area contributed by atoms with Gasteiger partial charge in [-0.05, 0) is 73.6 Å². The highest BCUT2D eigenvalue weighted by Crippen LogP contribution is 2.37. The Hall–Kier alpha value is -1.76. The Bertz CT molecular complexity index is 964. The van der Waals surface area contributed by atoms with E-state index in [0.717, 1.165) is 29.2 Å². The number of hydrogen-bond acceptors (Lipinski definition) is 5. The van der Waals surface area contributed by atoms with Crippen LogP contribution in [0.2, 0.25) is 0 Å². The molecule has 0 bridgehead atoms. The van der Waals surface area contributed by atoms with Gasteiger partial charge in [0.1, 0.15) is 0 Å². The molecule has 2 heterocycles. The van der Waals surface area contributed by atoms with Gasteiger partial charge in [-0.15, -0.1) is 11.8 Å². The van der Waals surface area contributed by atoms with Crippen LogP contribution < -0.4 is 9.80 Å². The fraction of sp³-hybridized carbons (Fsp3) is 0.273. The number of rotatable bonds is 4. The van der Waals surface area contributed by atoms with Crippen molar-refractivity contribution >= 4 is 63.4 Å². The van der Waals surface area contributed by atoms with Crippen LogP contribution in [0, 0.1) is 6.92 Å². The lowest BCUT2D eigenvalue weighted by Crippen LogP contribution is -2.27. The first kappa shape index (κ1) is 19.6. The molecule has 4 rings (SSSR count). The molecule has 2 aliphatic heterocycles. The van der Waals surface area contributed by atoms with E-state index in [-0.39, 0.29) is 5.91 Å². The summed E-state index contributed by atoms with van der Waals surface area (Å²) in [7, 11) is 0. The molecule has 2 aliphatic rings. The van der Waals surface area contributed by atoms with Crippen LogP contribution in [0.4, 0.5) is 11.4 Å². The van der Waals surface area contributed by atoms with Crippen molar-refractivity contribution in [2.24, 2.45) is 0 Å². The van der Waals surface area contributed by atoms with Gasteiger partial charge >= 0.3 is 0 Å². The molecular formula is C22H22N2OS3. The summed E-state index contributed by atoms with van der Waals surface area (Å²) < 4.78 is 0.584. The second kappa shape index (κ2) is 8.31. The minimum atomic E-state index is -0.0451. The van der Waals surface area contributed by atoms with Crippen LogP contribution in [-0.4, -0.2) is 29.6 Å². The third kappa shape index (κ3) is 3.86. The molecule has 6 heteroatoms. The maximum Gasteiger partial charge on any atom is 0.270 e. The molecule has 0 radical (unpaired) electrons. The molecule has 0 saturated carbocycles. The zero-order valence-corrected chi connectivity index (χ0v) is 18.4. The van der Waals surface area contributed by atoms with Gasteiger partial charge in [0.2, 0.25) is 0 Å². The largest absolute Gasteiger partial charge is 0.372 e. The number of thiocarbonyl (C=S) groups is 1. The second-order valence-corrected chi connectivity index (χ2v) is 9.51. The van der Waals surface area contributed by atoms with Crippen LogP contribution in [0.15, 0.2) is 52.3 Å². The average molecular weight is 427 g/mol. The van der Waals surface area contributed by atoms with Crippen LogP contribution in [0.25, 0.3) is 6.08 Å². The number of carbonyl (C=O) groups excluding carboxylic acids is 1. The summed E-state index contributed by atoms with van der Waals surface area (Å²) in [5.41, 5.74) is 4.35. The molecule has 2 fully saturated rings. The van der Waals surface area contributed by atoms with E-state index in [4.69, 9.17) is 12.2 Å². The SMILES string of the molecule is CSc1cccc(N2C(=O)/C(=C\c3ccc(N4CCCC4)cc3C)SC2=S)c1. The summed E-state index contributed by atoms with van der Waals surface area (Å²) in [5.74, 6) is -0.0451. The Labute approximate surface area is 180 Å². The van der Waals surface area contributed by atoms with E-state index in [1.165, 1.54) is 35.9 Å². The summed E-state index contributed by atoms with van der Waals surface area (Å²) in [6.45, 7) is 4.37. The lowest BCUT2D eigenvalue weighted by molar-refractivity contribution is -0.113. The van der Waals surface area contributed by atoms with Crippen LogP contribution >= 0.6 is 35.7 Å². The van der Waals surface area contributed by atoms with Gasteiger partial charge in [-0.2, -0.15) is 0 Å². The van der Waals surface area contributed by atoms with Crippen molar-refractivity contribution < 1.29 is 4.79 Å². The standard InChI is InChI=1S/C22H22N2OS3/c1-15-12-17(23-10-3-4-11-23)9-8-16(15)13-20-21(25)24(22(26)28-20)18-6-5-7-19(14-18)27-2/h5-9,12-14H,3-4,10-11H2,1-2H3/b20-13+. The summed E-state index contributed by atoms with van der Waals surface area (Å²) >= 11 is 8.54. The molecule has 0 spiro atoms. The summed E-state index contributed by atoms with van der Waals surface area (Å²) in [6, 6.07) is 14.4. The Morgan fingerprint density at radius 2 is 1.89 bits per heavy atom. The van der Waals surface area contributed by atoms with Crippen molar-refractivity contribution in [2.45, 2.75) is 24.7 Å². The molecule has 0 aromatic heterocycles. The summed E-state index contributed by atoms with van der Waals surface area (Å²) in [5, 5.41) is 0. The van der Waals surface area contributed by atoms with Crippen LogP contribution in [0.3, 0.4) is 0 Å². The molecule has 2 saturated heterocycles. The molecular weight excluding hydrogens is 404 g/mol. The monoisotopic (exact) mass is 426 g/mol. The van der Waals surface area contributed by atoms with E-state index in [1.807, 2.05) is 36.6 Å². The zero-order valence-electron chi connectivity index (χ0n) is 16.0. The van der Waals surface area contributed by atoms with Crippen LogP contribution in [-0.2, 0) is 4.79 Å². The van der Waals surface area contributed by atoms with E-state index in [1.54, 1.807) is 16.7 Å². The third-order valence-corrected chi connectivity index (χ3v) is 7.14. The molecule has 0 atom stereocenters. The van der Waals surface area contributed by atoms with Gasteiger partial charge < -0.3 is 4.90 Å². The summed E-state index contributed by atoms with van der Waals surface area (Å²) in [4.78, 5) is 18.9. The first-order valence-electron chi connectivity index (χ1n) is 9.34. The Balaban J connectivity index is 1.60. The number of amides is 1. The maximum absolute atomic E-state index is 13.0. The molecule has 3 nitrogen and oxygen atoms in total. The smallest absolute Gasteiger partial charge is 0.270 e. The number of benzene rings is 2. The fourth-order valence-corrected chi connectivity index (χ4v) is 5.32. The van der Waals surface area contributed by atoms with Crippen molar-refractivity contribution in [3.05, 3.63) is 58.5 Å². The van der Waals surface area contributed by atoms with E-state index in [2.05, 4.69) is 30.0 Å². The molecule has 0 N–H and O–H groups in total.